The van der Waals surface area contributed by atoms with Crippen LogP contribution in [0.1, 0.15) is 18.1 Å². The molecule has 27 heavy (non-hydrogen) atoms. The van der Waals surface area contributed by atoms with Crippen molar-refractivity contribution in [2.45, 2.75) is 13.5 Å². The van der Waals surface area contributed by atoms with Crippen molar-refractivity contribution in [1.82, 2.24) is 4.90 Å². The molecular formula is C19H14Cl2INO3S. The van der Waals surface area contributed by atoms with Crippen molar-refractivity contribution in [1.29, 1.82) is 0 Å². The molecule has 0 N–H and O–H groups in total. The number of likely N-dealkylation sites (N-methyl/N-ethyl adjacent to an activating group) is 1. The van der Waals surface area contributed by atoms with Crippen LogP contribution in [0.2, 0.25) is 10.0 Å². The number of carbonyl (C=O) groups is 2. The number of hydrogen-bond donors (Lipinski definition) is 0. The van der Waals surface area contributed by atoms with Crippen LogP contribution in [0.3, 0.4) is 0 Å². The van der Waals surface area contributed by atoms with Crippen molar-refractivity contribution >= 4 is 74.8 Å². The molecular weight excluding hydrogens is 520 g/mol. The van der Waals surface area contributed by atoms with E-state index in [9.17, 15) is 9.59 Å². The Hall–Kier alpha value is -1.22. The Balaban J connectivity index is 1.72. The van der Waals surface area contributed by atoms with Crippen molar-refractivity contribution in [2.24, 2.45) is 0 Å². The fourth-order valence-corrected chi connectivity index (χ4v) is 4.36. The van der Waals surface area contributed by atoms with Crippen LogP contribution in [0.5, 0.6) is 5.75 Å². The maximum absolute atomic E-state index is 12.2. The number of hydrogen-bond acceptors (Lipinski definition) is 4. The van der Waals surface area contributed by atoms with E-state index in [0.717, 1.165) is 32.2 Å². The Morgan fingerprint density at radius 3 is 2.56 bits per heavy atom. The first kappa shape index (κ1) is 20.5. The molecule has 4 nitrogen and oxygen atoms in total. The lowest BCUT2D eigenvalue weighted by atomic mass is 10.2. The number of thioether (sulfide) groups is 1. The number of amides is 2. The largest absolute Gasteiger partial charge is 0.488 e. The fourth-order valence-electron chi connectivity index (χ4n) is 2.44. The molecule has 3 rings (SSSR count). The van der Waals surface area contributed by atoms with Crippen molar-refractivity contribution in [3.8, 4) is 5.75 Å². The molecule has 0 aromatic heterocycles. The average molecular weight is 534 g/mol. The quantitative estimate of drug-likeness (QED) is 0.337. The Bertz CT molecular complexity index is 949. The second kappa shape index (κ2) is 8.86. The Morgan fingerprint density at radius 2 is 1.93 bits per heavy atom. The zero-order chi connectivity index (χ0) is 19.6. The van der Waals surface area contributed by atoms with E-state index in [-0.39, 0.29) is 11.1 Å². The summed E-state index contributed by atoms with van der Waals surface area (Å²) in [7, 11) is 0. The van der Waals surface area contributed by atoms with E-state index in [2.05, 4.69) is 22.6 Å². The molecule has 0 bridgehead atoms. The normalized spacial score (nSPS) is 15.7. The second-order valence-electron chi connectivity index (χ2n) is 5.65. The molecule has 1 heterocycles. The summed E-state index contributed by atoms with van der Waals surface area (Å²) in [6.45, 7) is 2.52. The van der Waals surface area contributed by atoms with E-state index in [1.165, 1.54) is 4.90 Å². The summed E-state index contributed by atoms with van der Waals surface area (Å²) >= 11 is 15.1. The SMILES string of the molecule is CCN1C(=O)S/C(=C/c2ccc(OCc3ccc(Cl)c(Cl)c3)c(I)c2)C1=O. The highest BCUT2D eigenvalue weighted by atomic mass is 127. The zero-order valence-corrected chi connectivity index (χ0v) is 18.7. The maximum atomic E-state index is 12.2. The van der Waals surface area contributed by atoms with Crippen molar-refractivity contribution in [3.63, 3.8) is 0 Å². The molecule has 1 fully saturated rings. The lowest BCUT2D eigenvalue weighted by molar-refractivity contribution is -0.122. The summed E-state index contributed by atoms with van der Waals surface area (Å²) in [4.78, 5) is 25.6. The fraction of sp³-hybridized carbons (Fsp3) is 0.158. The Labute approximate surface area is 185 Å². The smallest absolute Gasteiger partial charge is 0.293 e. The Morgan fingerprint density at radius 1 is 1.15 bits per heavy atom. The molecule has 8 heteroatoms. The third kappa shape index (κ3) is 4.80. The van der Waals surface area contributed by atoms with Crippen LogP contribution in [-0.2, 0) is 11.4 Å². The molecule has 0 aliphatic carbocycles. The maximum Gasteiger partial charge on any atom is 0.293 e. The van der Waals surface area contributed by atoms with E-state index < -0.39 is 0 Å². The summed E-state index contributed by atoms with van der Waals surface area (Å²) in [5.74, 6) is 0.475. The lowest BCUT2D eigenvalue weighted by Gasteiger charge is -2.10. The van der Waals surface area contributed by atoms with Crippen LogP contribution in [-0.4, -0.2) is 22.6 Å². The highest BCUT2D eigenvalue weighted by molar-refractivity contribution is 14.1. The number of ether oxygens (including phenoxy) is 1. The topological polar surface area (TPSA) is 46.6 Å². The number of carbonyl (C=O) groups excluding carboxylic acids is 2. The highest BCUT2D eigenvalue weighted by Crippen LogP contribution is 2.33. The standard InChI is InChI=1S/C19H14Cl2INO3S/c1-2-23-18(24)17(27-19(23)25)9-11-4-6-16(15(22)8-11)26-10-12-3-5-13(20)14(21)7-12/h3-9H,2,10H2,1H3/b17-9+. The van der Waals surface area contributed by atoms with Gasteiger partial charge in [0.05, 0.1) is 18.5 Å². The minimum Gasteiger partial charge on any atom is -0.488 e. The van der Waals surface area contributed by atoms with E-state index >= 15 is 0 Å². The van der Waals surface area contributed by atoms with Gasteiger partial charge in [-0.25, -0.2) is 0 Å². The first-order valence-corrected chi connectivity index (χ1v) is 10.7. The van der Waals surface area contributed by atoms with Crippen LogP contribution in [0.4, 0.5) is 4.79 Å². The van der Waals surface area contributed by atoms with Crippen LogP contribution in [0.15, 0.2) is 41.3 Å². The van der Waals surface area contributed by atoms with Crippen LogP contribution in [0, 0.1) is 3.57 Å². The monoisotopic (exact) mass is 533 g/mol. The molecule has 0 saturated carbocycles. The third-order valence-corrected chi connectivity index (χ3v) is 6.31. The van der Waals surface area contributed by atoms with Gasteiger partial charge in [-0.05, 0) is 82.7 Å². The molecule has 0 unspecified atom stereocenters. The second-order valence-corrected chi connectivity index (χ2v) is 8.62. The van der Waals surface area contributed by atoms with Gasteiger partial charge < -0.3 is 4.74 Å². The van der Waals surface area contributed by atoms with Gasteiger partial charge in [0.15, 0.2) is 0 Å². The van der Waals surface area contributed by atoms with Gasteiger partial charge in [0, 0.05) is 6.54 Å². The van der Waals surface area contributed by atoms with E-state index in [4.69, 9.17) is 27.9 Å². The predicted octanol–water partition coefficient (Wildman–Crippen LogP) is 6.23. The van der Waals surface area contributed by atoms with Crippen LogP contribution < -0.4 is 4.74 Å². The summed E-state index contributed by atoms with van der Waals surface area (Å²) in [6, 6.07) is 11.0. The molecule has 2 amide bonds. The van der Waals surface area contributed by atoms with E-state index in [0.29, 0.717) is 28.1 Å². The van der Waals surface area contributed by atoms with Crippen molar-refractivity contribution in [3.05, 3.63) is 66.0 Å². The van der Waals surface area contributed by atoms with E-state index in [1.807, 2.05) is 24.3 Å². The predicted molar refractivity (Wildman–Crippen MR) is 118 cm³/mol. The van der Waals surface area contributed by atoms with Gasteiger partial charge in [-0.3, -0.25) is 14.5 Å². The average Bonchev–Trinajstić information content (AvgIpc) is 2.90. The lowest BCUT2D eigenvalue weighted by Crippen LogP contribution is -2.27. The van der Waals surface area contributed by atoms with Gasteiger partial charge in [-0.15, -0.1) is 0 Å². The first-order valence-electron chi connectivity index (χ1n) is 8.00. The number of nitrogens with zero attached hydrogens (tertiary/aromatic N) is 1. The number of imide groups is 1. The van der Waals surface area contributed by atoms with Gasteiger partial charge in [-0.1, -0.05) is 35.3 Å². The van der Waals surface area contributed by atoms with E-state index in [1.54, 1.807) is 25.1 Å². The first-order chi connectivity index (χ1) is 12.9. The molecule has 1 aliphatic rings. The van der Waals surface area contributed by atoms with Crippen molar-refractivity contribution in [2.75, 3.05) is 6.54 Å². The summed E-state index contributed by atoms with van der Waals surface area (Å²) in [6.07, 6.45) is 1.73. The number of benzene rings is 2. The van der Waals surface area contributed by atoms with Gasteiger partial charge in [0.2, 0.25) is 0 Å². The molecule has 0 atom stereocenters. The number of rotatable bonds is 5. The van der Waals surface area contributed by atoms with Crippen molar-refractivity contribution < 1.29 is 14.3 Å². The van der Waals surface area contributed by atoms with Crippen LogP contribution in [0.25, 0.3) is 6.08 Å². The zero-order valence-electron chi connectivity index (χ0n) is 14.2. The molecule has 0 radical (unpaired) electrons. The van der Waals surface area contributed by atoms with Gasteiger partial charge in [0.1, 0.15) is 12.4 Å². The molecule has 1 saturated heterocycles. The minimum absolute atomic E-state index is 0.231. The van der Waals surface area contributed by atoms with Gasteiger partial charge in [0.25, 0.3) is 11.1 Å². The molecule has 2 aromatic carbocycles. The van der Waals surface area contributed by atoms with Gasteiger partial charge >= 0.3 is 0 Å². The molecule has 1 aliphatic heterocycles. The highest BCUT2D eigenvalue weighted by Gasteiger charge is 2.33. The third-order valence-electron chi connectivity index (χ3n) is 3.82. The summed E-state index contributed by atoms with van der Waals surface area (Å²) < 4.78 is 6.75. The molecule has 140 valence electrons. The summed E-state index contributed by atoms with van der Waals surface area (Å²) in [5, 5.41) is 0.765. The number of halogens is 3. The Kier molecular flexibility index (Phi) is 6.73. The minimum atomic E-state index is -0.248. The van der Waals surface area contributed by atoms with Crippen LogP contribution >= 0.6 is 57.6 Å². The molecule has 2 aromatic rings. The van der Waals surface area contributed by atoms with Gasteiger partial charge in [-0.2, -0.15) is 0 Å². The molecule has 0 spiro atoms. The summed E-state index contributed by atoms with van der Waals surface area (Å²) in [5.41, 5.74) is 1.75.